The van der Waals surface area contributed by atoms with Crippen LogP contribution >= 0.6 is 0 Å². The minimum Gasteiger partial charge on any atom is -0.496 e. The second-order valence-corrected chi connectivity index (χ2v) is 8.34. The van der Waals surface area contributed by atoms with Crippen LogP contribution in [0, 0.1) is 5.92 Å². The van der Waals surface area contributed by atoms with Gasteiger partial charge in [-0.25, -0.2) is 0 Å². The van der Waals surface area contributed by atoms with Crippen LogP contribution in [-0.4, -0.2) is 60.9 Å². The number of para-hydroxylation sites is 1. The Kier molecular flexibility index (Phi) is 8.06. The molecule has 31 heavy (non-hydrogen) atoms. The molecule has 2 aromatic rings. The normalized spacial score (nSPS) is 15.9. The Morgan fingerprint density at radius 2 is 1.68 bits per heavy atom. The van der Waals surface area contributed by atoms with Crippen molar-refractivity contribution in [2.45, 2.75) is 32.9 Å². The molecule has 0 saturated carbocycles. The lowest BCUT2D eigenvalue weighted by Gasteiger charge is -2.29. The molecule has 2 aromatic carbocycles. The molecule has 6 nitrogen and oxygen atoms in total. The van der Waals surface area contributed by atoms with E-state index < -0.39 is 6.04 Å². The molecular weight excluding hydrogens is 390 g/mol. The van der Waals surface area contributed by atoms with Gasteiger partial charge in [0.1, 0.15) is 11.8 Å². The molecule has 1 saturated heterocycles. The predicted octanol–water partition coefficient (Wildman–Crippen LogP) is 3.18. The van der Waals surface area contributed by atoms with Crippen molar-refractivity contribution in [3.63, 3.8) is 0 Å². The molecule has 0 bridgehead atoms. The fourth-order valence-electron chi connectivity index (χ4n) is 3.95. The maximum absolute atomic E-state index is 13.3. The molecule has 166 valence electrons. The van der Waals surface area contributed by atoms with Gasteiger partial charge in [-0.3, -0.25) is 14.5 Å². The Labute approximate surface area is 185 Å². The minimum absolute atomic E-state index is 0.0141. The van der Waals surface area contributed by atoms with Crippen molar-refractivity contribution in [1.29, 1.82) is 0 Å². The lowest BCUT2D eigenvalue weighted by molar-refractivity contribution is -0.134. The fourth-order valence-corrected chi connectivity index (χ4v) is 3.95. The molecule has 1 aliphatic heterocycles. The molecule has 1 unspecified atom stereocenters. The van der Waals surface area contributed by atoms with Crippen molar-refractivity contribution in [3.8, 4) is 5.75 Å². The summed E-state index contributed by atoms with van der Waals surface area (Å²) in [7, 11) is 1.54. The number of nitrogens with one attached hydrogen (secondary N) is 1. The SMILES string of the molecule is COc1ccccc1C(=O)NC(C(=O)N1CCCN(Cc2ccccc2)CC1)C(C)C. The van der Waals surface area contributed by atoms with Crippen LogP contribution in [0.1, 0.15) is 36.2 Å². The number of amides is 2. The molecule has 3 rings (SSSR count). The van der Waals surface area contributed by atoms with Crippen LogP contribution in [-0.2, 0) is 11.3 Å². The number of carbonyl (C=O) groups is 2. The van der Waals surface area contributed by atoms with Crippen molar-refractivity contribution in [2.24, 2.45) is 5.92 Å². The summed E-state index contributed by atoms with van der Waals surface area (Å²) in [6.07, 6.45) is 0.920. The largest absolute Gasteiger partial charge is 0.496 e. The smallest absolute Gasteiger partial charge is 0.255 e. The second kappa shape index (κ2) is 11.0. The molecule has 0 aliphatic carbocycles. The van der Waals surface area contributed by atoms with E-state index in [1.54, 1.807) is 18.2 Å². The van der Waals surface area contributed by atoms with Crippen LogP contribution < -0.4 is 10.1 Å². The van der Waals surface area contributed by atoms with Gasteiger partial charge >= 0.3 is 0 Å². The zero-order chi connectivity index (χ0) is 22.2. The van der Waals surface area contributed by atoms with E-state index in [1.165, 1.54) is 12.7 Å². The summed E-state index contributed by atoms with van der Waals surface area (Å²) in [4.78, 5) is 30.5. The first-order valence-electron chi connectivity index (χ1n) is 11.0. The van der Waals surface area contributed by atoms with Crippen molar-refractivity contribution in [1.82, 2.24) is 15.1 Å². The highest BCUT2D eigenvalue weighted by Crippen LogP contribution is 2.18. The molecule has 1 atom stereocenters. The van der Waals surface area contributed by atoms with E-state index in [0.717, 1.165) is 26.1 Å². The zero-order valence-corrected chi connectivity index (χ0v) is 18.7. The van der Waals surface area contributed by atoms with E-state index in [2.05, 4.69) is 34.5 Å². The Balaban J connectivity index is 1.63. The Hall–Kier alpha value is -2.86. The third kappa shape index (κ3) is 6.07. The summed E-state index contributed by atoms with van der Waals surface area (Å²) in [6.45, 7) is 7.97. The standard InChI is InChI=1S/C25H33N3O3/c1-19(2)23(26-24(29)21-12-7-8-13-22(21)31-3)25(30)28-15-9-14-27(16-17-28)18-20-10-5-4-6-11-20/h4-8,10-13,19,23H,9,14-18H2,1-3H3,(H,26,29). The van der Waals surface area contributed by atoms with Gasteiger partial charge in [-0.15, -0.1) is 0 Å². The van der Waals surface area contributed by atoms with Gasteiger partial charge in [0.25, 0.3) is 5.91 Å². The van der Waals surface area contributed by atoms with Gasteiger partial charge in [0, 0.05) is 32.7 Å². The number of nitrogens with zero attached hydrogens (tertiary/aromatic N) is 2. The molecule has 0 aromatic heterocycles. The minimum atomic E-state index is -0.571. The molecule has 2 amide bonds. The van der Waals surface area contributed by atoms with E-state index in [4.69, 9.17) is 4.74 Å². The fraction of sp³-hybridized carbons (Fsp3) is 0.440. The molecular formula is C25H33N3O3. The number of hydrogen-bond acceptors (Lipinski definition) is 4. The Morgan fingerprint density at radius 1 is 0.968 bits per heavy atom. The van der Waals surface area contributed by atoms with Crippen LogP contribution in [0.3, 0.4) is 0 Å². The van der Waals surface area contributed by atoms with Gasteiger partial charge in [0.05, 0.1) is 12.7 Å². The van der Waals surface area contributed by atoms with Crippen LogP contribution in [0.5, 0.6) is 5.75 Å². The molecule has 0 spiro atoms. The van der Waals surface area contributed by atoms with Gasteiger partial charge < -0.3 is 15.0 Å². The van der Waals surface area contributed by atoms with Crippen molar-refractivity contribution in [2.75, 3.05) is 33.3 Å². The van der Waals surface area contributed by atoms with Gasteiger partial charge in [0.2, 0.25) is 5.91 Å². The Morgan fingerprint density at radius 3 is 2.39 bits per heavy atom. The average molecular weight is 424 g/mol. The van der Waals surface area contributed by atoms with Gasteiger partial charge in [-0.05, 0) is 30.0 Å². The lowest BCUT2D eigenvalue weighted by atomic mass is 10.0. The number of carbonyl (C=O) groups excluding carboxylic acids is 2. The van der Waals surface area contributed by atoms with E-state index >= 15 is 0 Å². The van der Waals surface area contributed by atoms with Crippen LogP contribution in [0.25, 0.3) is 0 Å². The molecule has 1 heterocycles. The molecule has 0 radical (unpaired) electrons. The maximum atomic E-state index is 13.3. The van der Waals surface area contributed by atoms with E-state index in [0.29, 0.717) is 24.4 Å². The maximum Gasteiger partial charge on any atom is 0.255 e. The summed E-state index contributed by atoms with van der Waals surface area (Å²) in [5.74, 6) is 0.181. The van der Waals surface area contributed by atoms with Gasteiger partial charge in [-0.1, -0.05) is 56.3 Å². The molecule has 1 aliphatic rings. The number of methoxy groups -OCH3 is 1. The summed E-state index contributed by atoms with van der Waals surface area (Å²) in [6, 6.07) is 16.9. The highest BCUT2D eigenvalue weighted by Gasteiger charge is 2.30. The quantitative estimate of drug-likeness (QED) is 0.743. The summed E-state index contributed by atoms with van der Waals surface area (Å²) >= 11 is 0. The topological polar surface area (TPSA) is 61.9 Å². The first kappa shape index (κ1) is 22.8. The number of rotatable bonds is 7. The van der Waals surface area contributed by atoms with Gasteiger partial charge in [-0.2, -0.15) is 0 Å². The number of ether oxygens (including phenoxy) is 1. The average Bonchev–Trinajstić information content (AvgIpc) is 3.03. The highest BCUT2D eigenvalue weighted by atomic mass is 16.5. The van der Waals surface area contributed by atoms with E-state index in [-0.39, 0.29) is 17.7 Å². The Bertz CT molecular complexity index is 869. The molecule has 1 N–H and O–H groups in total. The second-order valence-electron chi connectivity index (χ2n) is 8.34. The van der Waals surface area contributed by atoms with Crippen molar-refractivity contribution >= 4 is 11.8 Å². The highest BCUT2D eigenvalue weighted by molar-refractivity contribution is 5.99. The van der Waals surface area contributed by atoms with E-state index in [1.807, 2.05) is 30.9 Å². The van der Waals surface area contributed by atoms with Crippen LogP contribution in [0.2, 0.25) is 0 Å². The predicted molar refractivity (Wildman–Crippen MR) is 122 cm³/mol. The number of hydrogen-bond donors (Lipinski definition) is 1. The summed E-state index contributed by atoms with van der Waals surface area (Å²) in [5, 5.41) is 2.95. The monoisotopic (exact) mass is 423 g/mol. The summed E-state index contributed by atoms with van der Waals surface area (Å²) in [5.41, 5.74) is 1.72. The van der Waals surface area contributed by atoms with Crippen molar-refractivity contribution < 1.29 is 14.3 Å². The third-order valence-corrected chi connectivity index (χ3v) is 5.72. The first-order chi connectivity index (χ1) is 15.0. The van der Waals surface area contributed by atoms with Crippen LogP contribution in [0.4, 0.5) is 0 Å². The first-order valence-corrected chi connectivity index (χ1v) is 11.0. The lowest BCUT2D eigenvalue weighted by Crippen LogP contribution is -2.52. The molecule has 6 heteroatoms. The van der Waals surface area contributed by atoms with Crippen molar-refractivity contribution in [3.05, 3.63) is 65.7 Å². The van der Waals surface area contributed by atoms with Crippen LogP contribution in [0.15, 0.2) is 54.6 Å². The number of benzene rings is 2. The molecule has 1 fully saturated rings. The third-order valence-electron chi connectivity index (χ3n) is 5.72. The van der Waals surface area contributed by atoms with E-state index in [9.17, 15) is 9.59 Å². The van der Waals surface area contributed by atoms with Gasteiger partial charge in [0.15, 0.2) is 0 Å². The zero-order valence-electron chi connectivity index (χ0n) is 18.7. The summed E-state index contributed by atoms with van der Waals surface area (Å²) < 4.78 is 5.30.